The van der Waals surface area contributed by atoms with Crippen molar-refractivity contribution in [2.75, 3.05) is 11.9 Å². The number of benzene rings is 2. The lowest BCUT2D eigenvalue weighted by Gasteiger charge is -2.09. The summed E-state index contributed by atoms with van der Waals surface area (Å²) in [4.78, 5) is 32.7. The molecule has 0 radical (unpaired) electrons. The Morgan fingerprint density at radius 3 is 2.50 bits per heavy atom. The SMILES string of the molecule is CC(=O)c1ccc(NC(=O)COc2ncnc3scc(-c4ccc(F)cc4)c23)cc1. The first kappa shape index (κ1) is 19.7. The fourth-order valence-corrected chi connectivity index (χ4v) is 3.82. The maximum atomic E-state index is 13.3. The maximum absolute atomic E-state index is 13.3. The first-order valence-corrected chi connectivity index (χ1v) is 9.91. The molecule has 0 bridgehead atoms. The summed E-state index contributed by atoms with van der Waals surface area (Å²) < 4.78 is 18.9. The molecule has 1 amide bonds. The zero-order valence-corrected chi connectivity index (χ0v) is 16.7. The van der Waals surface area contributed by atoms with Gasteiger partial charge >= 0.3 is 0 Å². The lowest BCUT2D eigenvalue weighted by molar-refractivity contribution is -0.118. The lowest BCUT2D eigenvalue weighted by atomic mass is 10.1. The number of carbonyl (C=O) groups is 2. The van der Waals surface area contributed by atoms with E-state index in [0.717, 1.165) is 11.1 Å². The molecule has 0 fully saturated rings. The minimum Gasteiger partial charge on any atom is -0.467 e. The fraction of sp³-hybridized carbons (Fsp3) is 0.0909. The third-order valence-corrected chi connectivity index (χ3v) is 5.29. The van der Waals surface area contributed by atoms with Gasteiger partial charge in [0.15, 0.2) is 12.4 Å². The number of hydrogen-bond donors (Lipinski definition) is 1. The van der Waals surface area contributed by atoms with Crippen LogP contribution >= 0.6 is 11.3 Å². The number of fused-ring (bicyclic) bond motifs is 1. The topological polar surface area (TPSA) is 81.2 Å². The highest BCUT2D eigenvalue weighted by Crippen LogP contribution is 2.37. The Morgan fingerprint density at radius 1 is 1.07 bits per heavy atom. The minimum absolute atomic E-state index is 0.0447. The molecule has 150 valence electrons. The molecule has 4 rings (SSSR count). The van der Waals surface area contributed by atoms with Crippen LogP contribution in [0.3, 0.4) is 0 Å². The number of thiophene rings is 1. The van der Waals surface area contributed by atoms with Gasteiger partial charge in [0.05, 0.1) is 5.39 Å². The summed E-state index contributed by atoms with van der Waals surface area (Å²) in [6.45, 7) is 1.23. The van der Waals surface area contributed by atoms with Gasteiger partial charge in [-0.05, 0) is 48.9 Å². The van der Waals surface area contributed by atoms with Crippen LogP contribution in [0.15, 0.2) is 60.2 Å². The predicted octanol–water partition coefficient (Wildman–Crippen LogP) is 4.72. The zero-order valence-electron chi connectivity index (χ0n) is 15.9. The Kier molecular flexibility index (Phi) is 5.49. The summed E-state index contributed by atoms with van der Waals surface area (Å²) in [7, 11) is 0. The predicted molar refractivity (Wildman–Crippen MR) is 113 cm³/mol. The van der Waals surface area contributed by atoms with Crippen molar-refractivity contribution in [1.82, 2.24) is 9.97 Å². The molecule has 0 saturated carbocycles. The highest BCUT2D eigenvalue weighted by Gasteiger charge is 2.15. The number of anilines is 1. The van der Waals surface area contributed by atoms with E-state index in [9.17, 15) is 14.0 Å². The van der Waals surface area contributed by atoms with Crippen LogP contribution in [-0.4, -0.2) is 28.3 Å². The smallest absolute Gasteiger partial charge is 0.262 e. The summed E-state index contributed by atoms with van der Waals surface area (Å²) in [5.74, 6) is -0.450. The van der Waals surface area contributed by atoms with Crippen LogP contribution in [0.4, 0.5) is 10.1 Å². The van der Waals surface area contributed by atoms with Crippen LogP contribution in [0, 0.1) is 5.82 Å². The van der Waals surface area contributed by atoms with Crippen molar-refractivity contribution >= 4 is 38.9 Å². The molecular formula is C22H16FN3O3S. The molecule has 0 aliphatic carbocycles. The Labute approximate surface area is 175 Å². The number of ketones is 1. The first-order chi connectivity index (χ1) is 14.5. The monoisotopic (exact) mass is 421 g/mol. The number of rotatable bonds is 6. The summed E-state index contributed by atoms with van der Waals surface area (Å²) in [6.07, 6.45) is 1.38. The maximum Gasteiger partial charge on any atom is 0.262 e. The number of amides is 1. The van der Waals surface area contributed by atoms with Gasteiger partial charge in [-0.3, -0.25) is 9.59 Å². The van der Waals surface area contributed by atoms with Crippen molar-refractivity contribution in [2.24, 2.45) is 0 Å². The van der Waals surface area contributed by atoms with Crippen molar-refractivity contribution in [2.45, 2.75) is 6.92 Å². The molecule has 30 heavy (non-hydrogen) atoms. The van der Waals surface area contributed by atoms with E-state index < -0.39 is 0 Å². The summed E-state index contributed by atoms with van der Waals surface area (Å²) in [6, 6.07) is 12.7. The number of halogens is 1. The van der Waals surface area contributed by atoms with Crippen molar-refractivity contribution in [3.05, 3.63) is 71.6 Å². The molecule has 2 heterocycles. The van der Waals surface area contributed by atoms with Gasteiger partial charge in [-0.2, -0.15) is 0 Å². The molecule has 4 aromatic rings. The molecule has 2 aromatic heterocycles. The van der Waals surface area contributed by atoms with Crippen molar-refractivity contribution in [1.29, 1.82) is 0 Å². The molecule has 8 heteroatoms. The quantitative estimate of drug-likeness (QED) is 0.456. The van der Waals surface area contributed by atoms with E-state index in [1.807, 2.05) is 5.38 Å². The number of nitrogens with zero attached hydrogens (tertiary/aromatic N) is 2. The Balaban J connectivity index is 1.51. The van der Waals surface area contributed by atoms with Gasteiger partial charge in [0, 0.05) is 22.2 Å². The van der Waals surface area contributed by atoms with Gasteiger partial charge in [0.25, 0.3) is 5.91 Å². The van der Waals surface area contributed by atoms with Crippen LogP contribution in [0.2, 0.25) is 0 Å². The molecule has 0 aliphatic rings. The number of Topliss-reactive ketones (excluding diaryl/α,β-unsaturated/α-hetero) is 1. The number of carbonyl (C=O) groups excluding carboxylic acids is 2. The van der Waals surface area contributed by atoms with Crippen LogP contribution in [-0.2, 0) is 4.79 Å². The molecular weight excluding hydrogens is 405 g/mol. The number of ether oxygens (including phenoxy) is 1. The summed E-state index contributed by atoms with van der Waals surface area (Å²) >= 11 is 1.41. The standard InChI is InChI=1S/C22H16FN3O3S/c1-13(27)14-4-8-17(9-5-14)26-19(28)10-29-21-20-18(11-30-22(20)25-12-24-21)15-2-6-16(23)7-3-15/h2-9,11-12H,10H2,1H3,(H,26,28). The molecule has 0 aliphatic heterocycles. The van der Waals surface area contributed by atoms with E-state index in [4.69, 9.17) is 4.74 Å². The number of aromatic nitrogens is 2. The fourth-order valence-electron chi connectivity index (χ4n) is 2.92. The summed E-state index contributed by atoms with van der Waals surface area (Å²) in [5, 5.41) is 5.29. The molecule has 6 nitrogen and oxygen atoms in total. The Morgan fingerprint density at radius 2 is 1.80 bits per heavy atom. The Hall–Kier alpha value is -3.65. The van der Waals surface area contributed by atoms with Gasteiger partial charge in [-0.15, -0.1) is 11.3 Å². The second kappa shape index (κ2) is 8.38. The molecule has 0 atom stereocenters. The second-order valence-corrected chi connectivity index (χ2v) is 7.34. The first-order valence-electron chi connectivity index (χ1n) is 9.03. The average Bonchev–Trinajstić information content (AvgIpc) is 3.18. The van der Waals surface area contributed by atoms with E-state index in [1.54, 1.807) is 36.4 Å². The summed E-state index contributed by atoms with van der Waals surface area (Å²) in [5.41, 5.74) is 2.74. The number of hydrogen-bond acceptors (Lipinski definition) is 6. The Bertz CT molecular complexity index is 1220. The van der Waals surface area contributed by atoms with Crippen LogP contribution in [0.5, 0.6) is 5.88 Å². The zero-order chi connectivity index (χ0) is 21.1. The van der Waals surface area contributed by atoms with Gasteiger partial charge in [-0.25, -0.2) is 14.4 Å². The second-order valence-electron chi connectivity index (χ2n) is 6.49. The van der Waals surface area contributed by atoms with Gasteiger partial charge in [0.1, 0.15) is 17.0 Å². The van der Waals surface area contributed by atoms with Gasteiger partial charge < -0.3 is 10.1 Å². The van der Waals surface area contributed by atoms with E-state index >= 15 is 0 Å². The lowest BCUT2D eigenvalue weighted by Crippen LogP contribution is -2.20. The van der Waals surface area contributed by atoms with E-state index in [2.05, 4.69) is 15.3 Å². The highest BCUT2D eigenvalue weighted by atomic mass is 32.1. The van der Waals surface area contributed by atoms with E-state index in [-0.39, 0.29) is 30.0 Å². The van der Waals surface area contributed by atoms with Gasteiger partial charge in [0.2, 0.25) is 5.88 Å². The van der Waals surface area contributed by atoms with Crippen molar-refractivity contribution in [3.8, 4) is 17.0 Å². The van der Waals surface area contributed by atoms with E-state index in [1.165, 1.54) is 36.7 Å². The van der Waals surface area contributed by atoms with Crippen LogP contribution in [0.1, 0.15) is 17.3 Å². The van der Waals surface area contributed by atoms with Crippen molar-refractivity contribution in [3.63, 3.8) is 0 Å². The largest absolute Gasteiger partial charge is 0.467 e. The van der Waals surface area contributed by atoms with E-state index in [0.29, 0.717) is 21.5 Å². The molecule has 0 saturated heterocycles. The normalized spacial score (nSPS) is 10.7. The third-order valence-electron chi connectivity index (χ3n) is 4.41. The van der Waals surface area contributed by atoms with Crippen LogP contribution < -0.4 is 10.1 Å². The average molecular weight is 421 g/mol. The molecule has 0 unspecified atom stereocenters. The third kappa shape index (κ3) is 4.18. The highest BCUT2D eigenvalue weighted by molar-refractivity contribution is 7.17. The molecule has 0 spiro atoms. The molecule has 1 N–H and O–H groups in total. The number of nitrogens with one attached hydrogen (secondary N) is 1. The van der Waals surface area contributed by atoms with Gasteiger partial charge in [-0.1, -0.05) is 12.1 Å². The van der Waals surface area contributed by atoms with Crippen LogP contribution in [0.25, 0.3) is 21.3 Å². The molecule has 2 aromatic carbocycles. The minimum atomic E-state index is -0.365. The van der Waals surface area contributed by atoms with Crippen molar-refractivity contribution < 1.29 is 18.7 Å².